The summed E-state index contributed by atoms with van der Waals surface area (Å²) in [5.74, 6) is 0.900. The highest BCUT2D eigenvalue weighted by molar-refractivity contribution is 7.99. The first-order valence-electron chi connectivity index (χ1n) is 12.1. The normalized spacial score (nSPS) is 11.9. The highest BCUT2D eigenvalue weighted by Gasteiger charge is 2.19. The number of nitrogens with zero attached hydrogens (tertiary/aromatic N) is 4. The molecule has 0 saturated carbocycles. The second-order valence-electron chi connectivity index (χ2n) is 9.71. The molecule has 0 spiro atoms. The van der Waals surface area contributed by atoms with Crippen molar-refractivity contribution in [3.05, 3.63) is 83.9 Å². The number of aromatic nitrogens is 3. The van der Waals surface area contributed by atoms with E-state index in [0.717, 1.165) is 16.8 Å². The summed E-state index contributed by atoms with van der Waals surface area (Å²) < 4.78 is 7.10. The molecule has 0 radical (unpaired) electrons. The number of carbonyl (C=O) groups excluding carboxylic acids is 1. The highest BCUT2D eigenvalue weighted by atomic mass is 32.2. The molecule has 0 atom stereocenters. The van der Waals surface area contributed by atoms with E-state index in [1.54, 1.807) is 19.1 Å². The Morgan fingerprint density at radius 1 is 1.05 bits per heavy atom. The third kappa shape index (κ3) is 6.23. The lowest BCUT2D eigenvalue weighted by atomic mass is 9.87. The molecule has 9 heteroatoms. The number of benzene rings is 3. The van der Waals surface area contributed by atoms with Crippen LogP contribution in [0.15, 0.2) is 83.1 Å². The minimum atomic E-state index is -0.279. The molecule has 8 nitrogen and oxygen atoms in total. The van der Waals surface area contributed by atoms with Crippen molar-refractivity contribution in [2.24, 2.45) is 5.10 Å². The molecule has 0 aliphatic heterocycles. The molecule has 0 aliphatic rings. The quantitative estimate of drug-likeness (QED) is 0.176. The van der Waals surface area contributed by atoms with Crippen LogP contribution in [0.3, 0.4) is 0 Å². The molecule has 196 valence electrons. The van der Waals surface area contributed by atoms with Crippen molar-refractivity contribution >= 4 is 23.4 Å². The van der Waals surface area contributed by atoms with Crippen LogP contribution in [0.1, 0.15) is 38.8 Å². The van der Waals surface area contributed by atoms with Crippen molar-refractivity contribution in [1.82, 2.24) is 20.2 Å². The van der Waals surface area contributed by atoms with Gasteiger partial charge in [0.2, 0.25) is 0 Å². The first-order valence-corrected chi connectivity index (χ1v) is 13.1. The lowest BCUT2D eigenvalue weighted by Gasteiger charge is -2.19. The number of phenols is 1. The van der Waals surface area contributed by atoms with Crippen LogP contribution in [0.4, 0.5) is 0 Å². The van der Waals surface area contributed by atoms with Gasteiger partial charge in [-0.3, -0.25) is 9.36 Å². The molecule has 0 fully saturated rings. The van der Waals surface area contributed by atoms with E-state index in [-0.39, 0.29) is 22.8 Å². The van der Waals surface area contributed by atoms with Gasteiger partial charge in [-0.2, -0.15) is 5.10 Å². The monoisotopic (exact) mass is 529 g/mol. The van der Waals surface area contributed by atoms with Crippen LogP contribution in [-0.4, -0.2) is 44.4 Å². The Bertz CT molecular complexity index is 1440. The predicted octanol–water partition coefficient (Wildman–Crippen LogP) is 5.58. The molecule has 0 bridgehead atoms. The highest BCUT2D eigenvalue weighted by Crippen LogP contribution is 2.30. The van der Waals surface area contributed by atoms with E-state index in [2.05, 4.69) is 65.8 Å². The number of rotatable bonds is 8. The number of amides is 1. The lowest BCUT2D eigenvalue weighted by Crippen LogP contribution is -2.21. The Morgan fingerprint density at radius 3 is 2.42 bits per heavy atom. The van der Waals surface area contributed by atoms with E-state index >= 15 is 0 Å². The van der Waals surface area contributed by atoms with Gasteiger partial charge in [0, 0.05) is 16.8 Å². The van der Waals surface area contributed by atoms with Gasteiger partial charge in [0.15, 0.2) is 22.5 Å². The lowest BCUT2D eigenvalue weighted by molar-refractivity contribution is -0.118. The van der Waals surface area contributed by atoms with E-state index in [4.69, 9.17) is 4.74 Å². The number of thioether (sulfide) groups is 1. The Labute approximate surface area is 226 Å². The molecular formula is C29H31N5O3S. The largest absolute Gasteiger partial charge is 0.504 e. The number of hydrogen-bond donors (Lipinski definition) is 2. The van der Waals surface area contributed by atoms with Crippen molar-refractivity contribution in [3.8, 4) is 28.6 Å². The molecule has 0 saturated heterocycles. The first-order chi connectivity index (χ1) is 18.2. The number of methoxy groups -OCH3 is 1. The zero-order valence-corrected chi connectivity index (χ0v) is 22.9. The maximum atomic E-state index is 12.6. The molecule has 1 heterocycles. The molecule has 4 rings (SSSR count). The Hall–Kier alpha value is -4.11. The minimum Gasteiger partial charge on any atom is -0.504 e. The van der Waals surface area contributed by atoms with Crippen LogP contribution < -0.4 is 10.2 Å². The molecule has 0 aliphatic carbocycles. The van der Waals surface area contributed by atoms with E-state index < -0.39 is 0 Å². The maximum Gasteiger partial charge on any atom is 0.250 e. The third-order valence-corrected chi connectivity index (χ3v) is 6.86. The van der Waals surface area contributed by atoms with Crippen molar-refractivity contribution in [2.45, 2.75) is 38.3 Å². The molecule has 1 aromatic heterocycles. The Balaban J connectivity index is 1.52. The second-order valence-corrected chi connectivity index (χ2v) is 10.7. The predicted molar refractivity (Wildman–Crippen MR) is 151 cm³/mol. The van der Waals surface area contributed by atoms with E-state index in [1.807, 2.05) is 34.9 Å². The number of carbonyl (C=O) groups is 1. The van der Waals surface area contributed by atoms with Crippen LogP contribution in [0.5, 0.6) is 11.5 Å². The summed E-state index contributed by atoms with van der Waals surface area (Å²) in [4.78, 5) is 12.6. The van der Waals surface area contributed by atoms with Gasteiger partial charge < -0.3 is 9.84 Å². The number of aromatic hydroxyl groups is 1. The Kier molecular flexibility index (Phi) is 8.16. The standard InChI is InChI=1S/C29H31N5O3S/c1-19(21-13-16-24(35)25(17-21)37-5)30-31-26(36)18-38-28-33-32-27(34(28)23-9-7-6-8-10-23)20-11-14-22(15-12-20)29(2,3)4/h6-17,35H,18H2,1-5H3,(H,31,36). The molecule has 2 N–H and O–H groups in total. The summed E-state index contributed by atoms with van der Waals surface area (Å²) >= 11 is 1.28. The van der Waals surface area contributed by atoms with Crippen molar-refractivity contribution in [1.29, 1.82) is 0 Å². The summed E-state index contributed by atoms with van der Waals surface area (Å²) in [6, 6.07) is 23.1. The van der Waals surface area contributed by atoms with Gasteiger partial charge in [-0.25, -0.2) is 5.43 Å². The molecule has 0 unspecified atom stereocenters. The maximum absolute atomic E-state index is 12.6. The second kappa shape index (κ2) is 11.5. The van der Waals surface area contributed by atoms with Crippen molar-refractivity contribution in [2.75, 3.05) is 12.9 Å². The van der Waals surface area contributed by atoms with Crippen molar-refractivity contribution in [3.63, 3.8) is 0 Å². The van der Waals surface area contributed by atoms with Gasteiger partial charge in [0.1, 0.15) is 0 Å². The summed E-state index contributed by atoms with van der Waals surface area (Å²) in [5.41, 5.74) is 7.02. The van der Waals surface area contributed by atoms with Gasteiger partial charge in [-0.1, -0.05) is 75.0 Å². The first kappa shape index (κ1) is 26.9. The van der Waals surface area contributed by atoms with Gasteiger partial charge in [-0.15, -0.1) is 10.2 Å². The number of hydrazone groups is 1. The zero-order valence-electron chi connectivity index (χ0n) is 22.1. The van der Waals surface area contributed by atoms with Crippen LogP contribution in [0.25, 0.3) is 17.1 Å². The summed E-state index contributed by atoms with van der Waals surface area (Å²) in [7, 11) is 1.48. The topological polar surface area (TPSA) is 102 Å². The number of ether oxygens (including phenoxy) is 1. The van der Waals surface area contributed by atoms with Gasteiger partial charge >= 0.3 is 0 Å². The minimum absolute atomic E-state index is 0.0385. The van der Waals surface area contributed by atoms with Crippen LogP contribution in [0, 0.1) is 0 Å². The van der Waals surface area contributed by atoms with Gasteiger partial charge in [0.05, 0.1) is 18.6 Å². The average molecular weight is 530 g/mol. The van der Waals surface area contributed by atoms with E-state index in [1.165, 1.54) is 30.5 Å². The fraction of sp³-hybridized carbons (Fsp3) is 0.241. The number of para-hydroxylation sites is 1. The average Bonchev–Trinajstić information content (AvgIpc) is 3.35. The fourth-order valence-corrected chi connectivity index (χ4v) is 4.50. The molecule has 4 aromatic rings. The fourth-order valence-electron chi connectivity index (χ4n) is 3.76. The van der Waals surface area contributed by atoms with Crippen LogP contribution in [-0.2, 0) is 10.2 Å². The third-order valence-electron chi connectivity index (χ3n) is 5.94. The molecule has 1 amide bonds. The molecular weight excluding hydrogens is 498 g/mol. The molecule has 38 heavy (non-hydrogen) atoms. The smallest absolute Gasteiger partial charge is 0.250 e. The summed E-state index contributed by atoms with van der Waals surface area (Å²) in [6.45, 7) is 8.31. The summed E-state index contributed by atoms with van der Waals surface area (Å²) in [5, 5.41) is 23.5. The number of phenolic OH excluding ortho intramolecular Hbond substituents is 1. The SMILES string of the molecule is COc1cc(C(C)=NNC(=O)CSc2nnc(-c3ccc(C(C)(C)C)cc3)n2-c2ccccc2)ccc1O. The van der Waals surface area contributed by atoms with Gasteiger partial charge in [0.25, 0.3) is 5.91 Å². The van der Waals surface area contributed by atoms with Crippen LogP contribution >= 0.6 is 11.8 Å². The van der Waals surface area contributed by atoms with Crippen LogP contribution in [0.2, 0.25) is 0 Å². The zero-order chi connectivity index (χ0) is 27.3. The van der Waals surface area contributed by atoms with Gasteiger partial charge in [-0.05, 0) is 48.2 Å². The van der Waals surface area contributed by atoms with E-state index in [9.17, 15) is 9.90 Å². The summed E-state index contributed by atoms with van der Waals surface area (Å²) in [6.07, 6.45) is 0. The Morgan fingerprint density at radius 2 is 1.76 bits per heavy atom. The molecule has 3 aromatic carbocycles. The number of hydrogen-bond acceptors (Lipinski definition) is 7. The number of nitrogens with one attached hydrogen (secondary N) is 1. The van der Waals surface area contributed by atoms with E-state index in [0.29, 0.717) is 22.4 Å². The van der Waals surface area contributed by atoms with Crippen molar-refractivity contribution < 1.29 is 14.6 Å².